The molecule has 4 rings (SSSR count). The number of carbonyl (C=O) groups is 1. The Labute approximate surface area is 166 Å². The van der Waals surface area contributed by atoms with Crippen LogP contribution < -0.4 is 0 Å². The number of nitrogens with zero attached hydrogens (tertiary/aromatic N) is 2. The van der Waals surface area contributed by atoms with Crippen LogP contribution in [0.4, 0.5) is 0 Å². The zero-order valence-electron chi connectivity index (χ0n) is 16.3. The van der Waals surface area contributed by atoms with E-state index < -0.39 is 10.0 Å². The topological polar surface area (TPSA) is 70.8 Å². The summed E-state index contributed by atoms with van der Waals surface area (Å²) in [6, 6.07) is 10.2. The molecule has 0 unspecified atom stereocenters. The summed E-state index contributed by atoms with van der Waals surface area (Å²) >= 11 is 0. The zero-order chi connectivity index (χ0) is 19.9. The first-order valence-electron chi connectivity index (χ1n) is 9.80. The summed E-state index contributed by atoms with van der Waals surface area (Å²) in [6.07, 6.45) is 2.91. The number of benzene rings is 1. The summed E-state index contributed by atoms with van der Waals surface area (Å²) in [7, 11) is -1.84. The molecule has 0 spiro atoms. The molecule has 1 aliphatic carbocycles. The minimum absolute atomic E-state index is 0.177. The number of amides is 1. The molecule has 2 atom stereocenters. The molecule has 1 amide bonds. The number of hydrogen-bond acceptors (Lipinski definition) is 4. The average molecular weight is 403 g/mol. The van der Waals surface area contributed by atoms with Crippen molar-refractivity contribution in [1.29, 1.82) is 0 Å². The lowest BCUT2D eigenvalue weighted by atomic mass is 10.2. The molecule has 6 nitrogen and oxygen atoms in total. The van der Waals surface area contributed by atoms with Crippen molar-refractivity contribution in [2.45, 2.75) is 43.5 Å². The van der Waals surface area contributed by atoms with Gasteiger partial charge in [0.15, 0.2) is 0 Å². The van der Waals surface area contributed by atoms with Crippen molar-refractivity contribution in [3.05, 3.63) is 53.5 Å². The predicted molar refractivity (Wildman–Crippen MR) is 105 cm³/mol. The second-order valence-corrected chi connectivity index (χ2v) is 9.86. The first kappa shape index (κ1) is 19.2. The number of carbonyl (C=O) groups excluding carboxylic acids is 1. The quantitative estimate of drug-likeness (QED) is 0.742. The minimum Gasteiger partial charge on any atom is -0.464 e. The van der Waals surface area contributed by atoms with Crippen LogP contribution in [0.3, 0.4) is 0 Å². The maximum Gasteiger partial charge on any atom is 0.254 e. The van der Waals surface area contributed by atoms with Gasteiger partial charge in [0.05, 0.1) is 11.4 Å². The summed E-state index contributed by atoms with van der Waals surface area (Å²) < 4.78 is 32.9. The van der Waals surface area contributed by atoms with E-state index in [0.29, 0.717) is 37.0 Å². The maximum absolute atomic E-state index is 12.8. The Kier molecular flexibility index (Phi) is 5.05. The van der Waals surface area contributed by atoms with E-state index in [4.69, 9.17) is 4.42 Å². The van der Waals surface area contributed by atoms with Crippen LogP contribution in [0.5, 0.6) is 0 Å². The third-order valence-electron chi connectivity index (χ3n) is 5.68. The van der Waals surface area contributed by atoms with Gasteiger partial charge in [-0.25, -0.2) is 8.42 Å². The van der Waals surface area contributed by atoms with Gasteiger partial charge in [-0.05, 0) is 55.5 Å². The van der Waals surface area contributed by atoms with Crippen molar-refractivity contribution < 1.29 is 17.6 Å². The smallest absolute Gasteiger partial charge is 0.254 e. The molecular weight excluding hydrogens is 376 g/mol. The molecule has 1 saturated heterocycles. The lowest BCUT2D eigenvalue weighted by Gasteiger charge is -2.18. The average Bonchev–Trinajstić information content (AvgIpc) is 3.11. The highest BCUT2D eigenvalue weighted by Crippen LogP contribution is 2.47. The lowest BCUT2D eigenvalue weighted by Crippen LogP contribution is -2.29. The molecular formula is C21H26N2O4S. The van der Waals surface area contributed by atoms with Crippen LogP contribution >= 0.6 is 0 Å². The van der Waals surface area contributed by atoms with Crippen LogP contribution in [0.25, 0.3) is 0 Å². The van der Waals surface area contributed by atoms with Crippen molar-refractivity contribution in [1.82, 2.24) is 9.21 Å². The molecule has 0 radical (unpaired) electrons. The van der Waals surface area contributed by atoms with Gasteiger partial charge in [-0.1, -0.05) is 13.0 Å². The van der Waals surface area contributed by atoms with Crippen molar-refractivity contribution in [3.8, 4) is 0 Å². The molecule has 0 N–H and O–H groups in total. The van der Waals surface area contributed by atoms with Gasteiger partial charge in [0.25, 0.3) is 5.91 Å². The molecule has 1 aromatic carbocycles. The van der Waals surface area contributed by atoms with Crippen LogP contribution in [0.2, 0.25) is 0 Å². The Balaban J connectivity index is 1.47. The van der Waals surface area contributed by atoms with E-state index in [0.717, 1.165) is 30.8 Å². The molecule has 1 aliphatic heterocycles. The number of rotatable bonds is 6. The van der Waals surface area contributed by atoms with Crippen LogP contribution in [0, 0.1) is 5.92 Å². The monoisotopic (exact) mass is 402 g/mol. The summed E-state index contributed by atoms with van der Waals surface area (Å²) in [5, 5.41) is 0. The molecule has 7 heteroatoms. The molecule has 150 valence electrons. The summed E-state index contributed by atoms with van der Waals surface area (Å²) in [5.74, 6) is 2.67. The van der Waals surface area contributed by atoms with Crippen molar-refractivity contribution in [2.75, 3.05) is 20.1 Å². The van der Waals surface area contributed by atoms with Gasteiger partial charge in [-0.2, -0.15) is 4.31 Å². The van der Waals surface area contributed by atoms with E-state index in [1.54, 1.807) is 30.1 Å². The van der Waals surface area contributed by atoms with Crippen molar-refractivity contribution >= 4 is 15.9 Å². The predicted octanol–water partition coefficient (Wildman–Crippen LogP) is 3.46. The van der Waals surface area contributed by atoms with Crippen LogP contribution in [-0.2, 0) is 16.6 Å². The SMILES string of the molecule is C[C@H]1C[C@H]1c1ccc(CN(C)C(=O)c2cccc(S(=O)(=O)N3CCCC3)c2)o1. The van der Waals surface area contributed by atoms with E-state index >= 15 is 0 Å². The number of hydrogen-bond donors (Lipinski definition) is 0. The first-order valence-corrected chi connectivity index (χ1v) is 11.2. The highest BCUT2D eigenvalue weighted by molar-refractivity contribution is 7.89. The van der Waals surface area contributed by atoms with Crippen molar-refractivity contribution in [2.24, 2.45) is 5.92 Å². The summed E-state index contributed by atoms with van der Waals surface area (Å²) in [4.78, 5) is 14.6. The van der Waals surface area contributed by atoms with Gasteiger partial charge in [0.2, 0.25) is 10.0 Å². The largest absolute Gasteiger partial charge is 0.464 e. The Bertz CT molecular complexity index is 976. The summed E-state index contributed by atoms with van der Waals surface area (Å²) in [6.45, 7) is 3.64. The molecule has 2 heterocycles. The van der Waals surface area contributed by atoms with Gasteiger partial charge < -0.3 is 9.32 Å². The molecule has 1 saturated carbocycles. The fourth-order valence-corrected chi connectivity index (χ4v) is 5.35. The maximum atomic E-state index is 12.8. The Morgan fingerprint density at radius 3 is 2.61 bits per heavy atom. The Morgan fingerprint density at radius 1 is 1.21 bits per heavy atom. The van der Waals surface area contributed by atoms with Gasteiger partial charge >= 0.3 is 0 Å². The van der Waals surface area contributed by atoms with Gasteiger partial charge in [0.1, 0.15) is 11.5 Å². The molecule has 1 aromatic heterocycles. The van der Waals surface area contributed by atoms with E-state index in [2.05, 4.69) is 6.92 Å². The third-order valence-corrected chi connectivity index (χ3v) is 7.58. The van der Waals surface area contributed by atoms with Crippen LogP contribution in [0.15, 0.2) is 45.7 Å². The first-order chi connectivity index (χ1) is 13.4. The highest BCUT2D eigenvalue weighted by atomic mass is 32.2. The number of furan rings is 1. The second-order valence-electron chi connectivity index (χ2n) is 7.92. The zero-order valence-corrected chi connectivity index (χ0v) is 17.1. The minimum atomic E-state index is -3.54. The van der Waals surface area contributed by atoms with Gasteiger partial charge in [-0.3, -0.25) is 4.79 Å². The molecule has 2 fully saturated rings. The molecule has 0 bridgehead atoms. The lowest BCUT2D eigenvalue weighted by molar-refractivity contribution is 0.0774. The molecule has 2 aliphatic rings. The van der Waals surface area contributed by atoms with Gasteiger partial charge in [0, 0.05) is 31.6 Å². The van der Waals surface area contributed by atoms with E-state index in [-0.39, 0.29) is 10.8 Å². The van der Waals surface area contributed by atoms with E-state index in [1.165, 1.54) is 10.4 Å². The van der Waals surface area contributed by atoms with Gasteiger partial charge in [-0.15, -0.1) is 0 Å². The summed E-state index contributed by atoms with van der Waals surface area (Å²) in [5.41, 5.74) is 0.366. The second kappa shape index (κ2) is 7.37. The molecule has 2 aromatic rings. The fourth-order valence-electron chi connectivity index (χ4n) is 3.79. The van der Waals surface area contributed by atoms with E-state index in [9.17, 15) is 13.2 Å². The number of sulfonamides is 1. The highest BCUT2D eigenvalue weighted by Gasteiger charge is 2.36. The third kappa shape index (κ3) is 3.73. The van der Waals surface area contributed by atoms with Crippen molar-refractivity contribution in [3.63, 3.8) is 0 Å². The fraction of sp³-hybridized carbons (Fsp3) is 0.476. The van der Waals surface area contributed by atoms with Crippen LogP contribution in [0.1, 0.15) is 54.0 Å². The Morgan fingerprint density at radius 2 is 1.93 bits per heavy atom. The molecule has 28 heavy (non-hydrogen) atoms. The standard InChI is InChI=1S/C21H26N2O4S/c1-15-12-19(15)20-9-8-17(27-20)14-22(2)21(24)16-6-5-7-18(13-16)28(25,26)23-10-3-4-11-23/h5-9,13,15,19H,3-4,10-12,14H2,1-2H3/t15-,19+/m0/s1. The van der Waals surface area contributed by atoms with E-state index in [1.807, 2.05) is 12.1 Å². The van der Waals surface area contributed by atoms with Crippen LogP contribution in [-0.4, -0.2) is 43.7 Å². The Hall–Kier alpha value is -2.12. The normalized spacial score (nSPS) is 22.4.